The molecule has 1 aromatic heterocycles. The molecule has 3 aromatic rings. The molecule has 4 rings (SSSR count). The van der Waals surface area contributed by atoms with Crippen molar-refractivity contribution in [1.82, 2.24) is 20.6 Å². The van der Waals surface area contributed by atoms with Crippen molar-refractivity contribution in [2.45, 2.75) is 52.1 Å². The molecule has 1 unspecified atom stereocenters. The normalized spacial score (nSPS) is 18.5. The van der Waals surface area contributed by atoms with Crippen molar-refractivity contribution in [3.05, 3.63) is 77.3 Å². The first kappa shape index (κ1) is 22.7. The van der Waals surface area contributed by atoms with Gasteiger partial charge in [-0.25, -0.2) is 0 Å². The number of H-pyrrole nitrogens is 1. The zero-order valence-corrected chi connectivity index (χ0v) is 18.9. The van der Waals surface area contributed by atoms with Gasteiger partial charge in [0.05, 0.1) is 12.7 Å². The SMILES string of the molecule is CCC1=C(O)C(OC(C)C)=CC(O)(OCc2ccc(-c3ccccc3-c3nn[nH]n3)cc2)C1. The first-order valence-electron chi connectivity index (χ1n) is 11.0. The van der Waals surface area contributed by atoms with Gasteiger partial charge in [0, 0.05) is 18.1 Å². The maximum Gasteiger partial charge on any atom is 0.205 e. The number of benzene rings is 2. The minimum absolute atomic E-state index is 0.0871. The van der Waals surface area contributed by atoms with E-state index in [2.05, 4.69) is 20.6 Å². The molecule has 1 aliphatic rings. The standard InChI is InChI=1S/C25H28N4O4/c1-4-18-13-25(31,14-22(23(18)30)33-16(2)3)32-15-17-9-11-19(12-10-17)20-7-5-6-8-21(20)24-26-28-29-27-24/h5-12,14,16,30-31H,4,13,15H2,1-3H3,(H,26,27,28,29). The largest absolute Gasteiger partial charge is 0.504 e. The van der Waals surface area contributed by atoms with E-state index in [9.17, 15) is 10.2 Å². The second-order valence-electron chi connectivity index (χ2n) is 8.27. The molecule has 2 aromatic carbocycles. The predicted molar refractivity (Wildman–Crippen MR) is 124 cm³/mol. The van der Waals surface area contributed by atoms with E-state index >= 15 is 0 Å². The minimum atomic E-state index is -1.55. The molecule has 8 heteroatoms. The van der Waals surface area contributed by atoms with Gasteiger partial charge in [-0.15, -0.1) is 10.2 Å². The third-order valence-electron chi connectivity index (χ3n) is 5.45. The molecule has 1 aliphatic carbocycles. The Hall–Kier alpha value is -3.49. The van der Waals surface area contributed by atoms with E-state index < -0.39 is 5.79 Å². The average Bonchev–Trinajstić information content (AvgIpc) is 3.35. The molecule has 8 nitrogen and oxygen atoms in total. The van der Waals surface area contributed by atoms with Crippen LogP contribution in [0.4, 0.5) is 0 Å². The number of aliphatic hydroxyl groups is 2. The van der Waals surface area contributed by atoms with Crippen LogP contribution in [0.2, 0.25) is 0 Å². The fourth-order valence-corrected chi connectivity index (χ4v) is 3.81. The van der Waals surface area contributed by atoms with Gasteiger partial charge in [-0.05, 0) is 47.7 Å². The molecular formula is C25H28N4O4. The molecule has 3 N–H and O–H groups in total. The smallest absolute Gasteiger partial charge is 0.205 e. The van der Waals surface area contributed by atoms with Crippen molar-refractivity contribution in [1.29, 1.82) is 0 Å². The van der Waals surface area contributed by atoms with Crippen LogP contribution in [0, 0.1) is 0 Å². The highest BCUT2D eigenvalue weighted by molar-refractivity contribution is 5.80. The van der Waals surface area contributed by atoms with Crippen LogP contribution in [0.15, 0.2) is 71.7 Å². The van der Waals surface area contributed by atoms with Gasteiger partial charge in [-0.1, -0.05) is 55.5 Å². The van der Waals surface area contributed by atoms with E-state index in [1.807, 2.05) is 69.3 Å². The van der Waals surface area contributed by atoms with Gasteiger partial charge in [0.15, 0.2) is 17.3 Å². The third kappa shape index (κ3) is 5.13. The maximum atomic E-state index is 11.1. The fraction of sp³-hybridized carbons (Fsp3) is 0.320. The summed E-state index contributed by atoms with van der Waals surface area (Å²) >= 11 is 0. The average molecular weight is 449 g/mol. The first-order valence-corrected chi connectivity index (χ1v) is 11.0. The van der Waals surface area contributed by atoms with Crippen molar-refractivity contribution < 1.29 is 19.7 Å². The molecule has 1 heterocycles. The zero-order chi connectivity index (χ0) is 23.4. The summed E-state index contributed by atoms with van der Waals surface area (Å²) < 4.78 is 11.6. The highest BCUT2D eigenvalue weighted by atomic mass is 16.6. The number of rotatable bonds is 8. The summed E-state index contributed by atoms with van der Waals surface area (Å²) in [4.78, 5) is 0. The Bertz CT molecular complexity index is 1150. The lowest BCUT2D eigenvalue weighted by Gasteiger charge is -2.32. The summed E-state index contributed by atoms with van der Waals surface area (Å²) in [5.74, 6) is -0.675. The number of hydrogen-bond donors (Lipinski definition) is 3. The van der Waals surface area contributed by atoms with Crippen molar-refractivity contribution in [2.75, 3.05) is 0 Å². The number of hydrogen-bond acceptors (Lipinski definition) is 7. The second kappa shape index (κ2) is 9.56. The summed E-state index contributed by atoms with van der Waals surface area (Å²) in [5.41, 5.74) is 4.48. The van der Waals surface area contributed by atoms with Crippen LogP contribution in [-0.4, -0.2) is 42.7 Å². The van der Waals surface area contributed by atoms with Gasteiger partial charge in [0.1, 0.15) is 0 Å². The molecule has 33 heavy (non-hydrogen) atoms. The van der Waals surface area contributed by atoms with Crippen LogP contribution in [0.5, 0.6) is 0 Å². The molecule has 0 amide bonds. The molecule has 0 radical (unpaired) electrons. The Morgan fingerprint density at radius 3 is 2.45 bits per heavy atom. The van der Waals surface area contributed by atoms with Crippen LogP contribution < -0.4 is 0 Å². The molecule has 172 valence electrons. The van der Waals surface area contributed by atoms with Crippen LogP contribution >= 0.6 is 0 Å². The first-order chi connectivity index (χ1) is 15.9. The Morgan fingerprint density at radius 2 is 1.82 bits per heavy atom. The lowest BCUT2D eigenvalue weighted by molar-refractivity contribution is -0.177. The van der Waals surface area contributed by atoms with Gasteiger partial charge in [-0.3, -0.25) is 0 Å². The van der Waals surface area contributed by atoms with Crippen molar-refractivity contribution >= 4 is 0 Å². The minimum Gasteiger partial charge on any atom is -0.504 e. The summed E-state index contributed by atoms with van der Waals surface area (Å²) in [6.07, 6.45) is 2.10. The lowest BCUT2D eigenvalue weighted by Crippen LogP contribution is -2.34. The quantitative estimate of drug-likeness (QED) is 0.429. The topological polar surface area (TPSA) is 113 Å². The van der Waals surface area contributed by atoms with Crippen LogP contribution in [-0.2, 0) is 16.1 Å². The third-order valence-corrected chi connectivity index (χ3v) is 5.45. The number of aromatic nitrogens is 4. The van der Waals surface area contributed by atoms with Gasteiger partial charge in [-0.2, -0.15) is 5.21 Å². The highest BCUT2D eigenvalue weighted by Crippen LogP contribution is 2.35. The van der Waals surface area contributed by atoms with Crippen molar-refractivity contribution in [3.63, 3.8) is 0 Å². The molecule has 0 saturated carbocycles. The van der Waals surface area contributed by atoms with E-state index in [0.29, 0.717) is 17.8 Å². The van der Waals surface area contributed by atoms with E-state index in [0.717, 1.165) is 22.3 Å². The number of nitrogens with one attached hydrogen (secondary N) is 1. The Kier molecular flexibility index (Phi) is 6.57. The summed E-state index contributed by atoms with van der Waals surface area (Å²) in [6, 6.07) is 15.8. The van der Waals surface area contributed by atoms with E-state index in [4.69, 9.17) is 9.47 Å². The monoisotopic (exact) mass is 448 g/mol. The number of tetrazole rings is 1. The Labute approximate surface area is 192 Å². The molecule has 1 atom stereocenters. The number of ether oxygens (including phenoxy) is 2. The summed E-state index contributed by atoms with van der Waals surface area (Å²) in [5, 5.41) is 35.8. The van der Waals surface area contributed by atoms with Gasteiger partial charge < -0.3 is 19.7 Å². The van der Waals surface area contributed by atoms with Gasteiger partial charge in [0.2, 0.25) is 5.82 Å². The number of aromatic amines is 1. The Balaban J connectivity index is 1.50. The molecule has 0 aliphatic heterocycles. The number of aliphatic hydroxyl groups excluding tert-OH is 1. The lowest BCUT2D eigenvalue weighted by atomic mass is 9.94. The predicted octanol–water partition coefficient (Wildman–Crippen LogP) is 4.67. The Morgan fingerprint density at radius 1 is 1.09 bits per heavy atom. The molecule has 0 saturated heterocycles. The highest BCUT2D eigenvalue weighted by Gasteiger charge is 2.35. The van der Waals surface area contributed by atoms with E-state index in [-0.39, 0.29) is 30.6 Å². The summed E-state index contributed by atoms with van der Waals surface area (Å²) in [6.45, 7) is 5.86. The molecule has 0 spiro atoms. The molecule has 0 bridgehead atoms. The second-order valence-corrected chi connectivity index (χ2v) is 8.27. The van der Waals surface area contributed by atoms with Crippen LogP contribution in [0.3, 0.4) is 0 Å². The van der Waals surface area contributed by atoms with E-state index in [1.165, 1.54) is 6.08 Å². The van der Waals surface area contributed by atoms with Crippen LogP contribution in [0.25, 0.3) is 22.5 Å². The van der Waals surface area contributed by atoms with Crippen molar-refractivity contribution in [2.24, 2.45) is 0 Å². The molecular weight excluding hydrogens is 420 g/mol. The van der Waals surface area contributed by atoms with Gasteiger partial charge in [0.25, 0.3) is 0 Å². The maximum absolute atomic E-state index is 11.1. The van der Waals surface area contributed by atoms with E-state index in [1.54, 1.807) is 0 Å². The number of nitrogens with zero attached hydrogens (tertiary/aromatic N) is 3. The fourth-order valence-electron chi connectivity index (χ4n) is 3.81. The van der Waals surface area contributed by atoms with Crippen LogP contribution in [0.1, 0.15) is 39.2 Å². The van der Waals surface area contributed by atoms with Gasteiger partial charge >= 0.3 is 0 Å². The summed E-state index contributed by atoms with van der Waals surface area (Å²) in [7, 11) is 0. The molecule has 0 fully saturated rings. The zero-order valence-electron chi connectivity index (χ0n) is 18.9. The van der Waals surface area contributed by atoms with Crippen molar-refractivity contribution in [3.8, 4) is 22.5 Å².